The molecule has 4 rings (SSSR count). The van der Waals surface area contributed by atoms with E-state index in [0.717, 1.165) is 16.8 Å². The average molecular weight is 367 g/mol. The molecule has 1 atom stereocenters. The number of amides is 1. The van der Waals surface area contributed by atoms with Gasteiger partial charge in [0.05, 0.1) is 11.7 Å². The van der Waals surface area contributed by atoms with Crippen LogP contribution < -0.4 is 9.64 Å². The van der Waals surface area contributed by atoms with E-state index in [4.69, 9.17) is 4.74 Å². The third kappa shape index (κ3) is 4.04. The van der Waals surface area contributed by atoms with Gasteiger partial charge in [-0.3, -0.25) is 4.90 Å². The number of hydrogen-bond donors (Lipinski definition) is 0. The highest BCUT2D eigenvalue weighted by Gasteiger charge is 2.28. The molecule has 0 N–H and O–H groups in total. The predicted octanol–water partition coefficient (Wildman–Crippen LogP) is 6.19. The normalized spacial score (nSPS) is 15.4. The summed E-state index contributed by atoms with van der Waals surface area (Å²) in [6.45, 7) is 0. The molecular weight excluding hydrogens is 346 g/mol. The molecular formula is C25H21NO2. The summed E-state index contributed by atoms with van der Waals surface area (Å²) in [5.41, 5.74) is 3.01. The molecule has 1 aliphatic heterocycles. The van der Waals surface area contributed by atoms with Crippen LogP contribution in [-0.4, -0.2) is 12.1 Å². The molecule has 0 spiro atoms. The number of para-hydroxylation sites is 2. The van der Waals surface area contributed by atoms with Gasteiger partial charge in [0.25, 0.3) is 0 Å². The maximum Gasteiger partial charge on any atom is 0.420 e. The van der Waals surface area contributed by atoms with Gasteiger partial charge in [-0.05, 0) is 35.7 Å². The molecule has 3 nitrogen and oxygen atoms in total. The molecule has 138 valence electrons. The molecule has 0 aliphatic carbocycles. The first-order valence-corrected chi connectivity index (χ1v) is 9.36. The quantitative estimate of drug-likeness (QED) is 0.550. The number of carbonyl (C=O) groups excluding carboxylic acids is 1. The van der Waals surface area contributed by atoms with E-state index in [1.54, 1.807) is 17.0 Å². The molecule has 1 amide bonds. The molecule has 3 aromatic rings. The van der Waals surface area contributed by atoms with Crippen molar-refractivity contribution in [1.29, 1.82) is 0 Å². The fourth-order valence-electron chi connectivity index (χ4n) is 3.29. The van der Waals surface area contributed by atoms with Crippen LogP contribution in [0.3, 0.4) is 0 Å². The molecule has 1 aliphatic rings. The van der Waals surface area contributed by atoms with Crippen molar-refractivity contribution in [1.82, 2.24) is 0 Å². The Balaban J connectivity index is 1.57. The lowest BCUT2D eigenvalue weighted by molar-refractivity contribution is 0.206. The highest BCUT2D eigenvalue weighted by molar-refractivity contribution is 5.94. The number of anilines is 1. The Labute approximate surface area is 165 Å². The Morgan fingerprint density at radius 2 is 1.57 bits per heavy atom. The Morgan fingerprint density at radius 1 is 0.893 bits per heavy atom. The van der Waals surface area contributed by atoms with Gasteiger partial charge in [-0.25, -0.2) is 4.79 Å². The van der Waals surface area contributed by atoms with Crippen molar-refractivity contribution >= 4 is 23.9 Å². The van der Waals surface area contributed by atoms with Gasteiger partial charge in [-0.2, -0.15) is 0 Å². The third-order valence-corrected chi connectivity index (χ3v) is 4.66. The fraction of sp³-hybridized carbons (Fsp3) is 0.0800. The average Bonchev–Trinajstić information content (AvgIpc) is 2.75. The third-order valence-electron chi connectivity index (χ3n) is 4.66. The van der Waals surface area contributed by atoms with Gasteiger partial charge in [-0.15, -0.1) is 0 Å². The molecule has 0 saturated carbocycles. The van der Waals surface area contributed by atoms with Crippen LogP contribution >= 0.6 is 0 Å². The lowest BCUT2D eigenvalue weighted by Gasteiger charge is -2.32. The number of fused-ring (bicyclic) bond motifs is 1. The number of ether oxygens (including phenoxy) is 1. The monoisotopic (exact) mass is 367 g/mol. The summed E-state index contributed by atoms with van der Waals surface area (Å²) in [5, 5.41) is 0. The van der Waals surface area contributed by atoms with E-state index >= 15 is 0 Å². The second kappa shape index (κ2) is 8.40. The summed E-state index contributed by atoms with van der Waals surface area (Å²) in [7, 11) is 0. The summed E-state index contributed by atoms with van der Waals surface area (Å²) in [5.74, 6) is 0.540. The largest absolute Gasteiger partial charge is 0.420 e. The van der Waals surface area contributed by atoms with E-state index in [2.05, 4.69) is 36.4 Å². The molecule has 0 radical (unpaired) electrons. The molecule has 3 aromatic carbocycles. The summed E-state index contributed by atoms with van der Waals surface area (Å²) in [4.78, 5) is 14.8. The first-order chi connectivity index (χ1) is 13.8. The maximum absolute atomic E-state index is 13.0. The first-order valence-electron chi connectivity index (χ1n) is 9.36. The van der Waals surface area contributed by atoms with Crippen LogP contribution in [-0.2, 0) is 0 Å². The van der Waals surface area contributed by atoms with E-state index in [0.29, 0.717) is 12.2 Å². The smallest absolute Gasteiger partial charge is 0.410 e. The first kappa shape index (κ1) is 17.8. The zero-order chi connectivity index (χ0) is 19.2. The Morgan fingerprint density at radius 3 is 2.36 bits per heavy atom. The van der Waals surface area contributed by atoms with Gasteiger partial charge in [-0.1, -0.05) is 91.0 Å². The van der Waals surface area contributed by atoms with Crippen LogP contribution in [0.4, 0.5) is 10.5 Å². The van der Waals surface area contributed by atoms with E-state index in [9.17, 15) is 4.79 Å². The summed E-state index contributed by atoms with van der Waals surface area (Å²) >= 11 is 0. The van der Waals surface area contributed by atoms with Crippen molar-refractivity contribution in [3.8, 4) is 5.75 Å². The zero-order valence-electron chi connectivity index (χ0n) is 15.4. The van der Waals surface area contributed by atoms with Crippen molar-refractivity contribution in [3.05, 3.63) is 108 Å². The Hall–Kier alpha value is -3.59. The van der Waals surface area contributed by atoms with Crippen LogP contribution in [0.1, 0.15) is 17.5 Å². The van der Waals surface area contributed by atoms with Crippen LogP contribution in [0.5, 0.6) is 5.75 Å². The van der Waals surface area contributed by atoms with Gasteiger partial charge >= 0.3 is 6.09 Å². The molecule has 1 heterocycles. The number of hydrogen-bond acceptors (Lipinski definition) is 2. The predicted molar refractivity (Wildman–Crippen MR) is 114 cm³/mol. The molecule has 0 aromatic heterocycles. The lowest BCUT2D eigenvalue weighted by atomic mass is 10.0. The number of nitrogens with zero attached hydrogens (tertiary/aromatic N) is 1. The Bertz CT molecular complexity index is 993. The van der Waals surface area contributed by atoms with E-state index in [1.165, 1.54) is 0 Å². The summed E-state index contributed by atoms with van der Waals surface area (Å²) in [6.07, 6.45) is 8.63. The molecule has 28 heavy (non-hydrogen) atoms. The van der Waals surface area contributed by atoms with Crippen LogP contribution in [0.15, 0.2) is 97.1 Å². The van der Waals surface area contributed by atoms with Crippen molar-refractivity contribution in [2.24, 2.45) is 0 Å². The second-order valence-corrected chi connectivity index (χ2v) is 6.59. The minimum absolute atomic E-state index is 0.105. The highest BCUT2D eigenvalue weighted by atomic mass is 16.6. The molecule has 0 fully saturated rings. The van der Waals surface area contributed by atoms with Crippen molar-refractivity contribution in [2.75, 3.05) is 4.90 Å². The summed E-state index contributed by atoms with van der Waals surface area (Å²) < 4.78 is 5.63. The van der Waals surface area contributed by atoms with Crippen molar-refractivity contribution in [3.63, 3.8) is 0 Å². The lowest BCUT2D eigenvalue weighted by Crippen LogP contribution is -2.42. The fourth-order valence-corrected chi connectivity index (χ4v) is 3.29. The number of rotatable bonds is 4. The summed E-state index contributed by atoms with van der Waals surface area (Å²) in [6, 6.07) is 27.1. The van der Waals surface area contributed by atoms with Crippen LogP contribution in [0.2, 0.25) is 0 Å². The standard InChI is InChI=1S/C25H21NO2/c27-25(28-23-15-5-2-6-16-23)26-22(14-9-12-20-10-3-1-4-11-20)19-18-21-13-7-8-17-24(21)26/h1-13,15-19,22H,14H2/b12-9+/t22-/m0/s1. The van der Waals surface area contributed by atoms with E-state index in [-0.39, 0.29) is 12.1 Å². The number of benzene rings is 3. The Kier molecular flexibility index (Phi) is 5.34. The minimum Gasteiger partial charge on any atom is -0.410 e. The topological polar surface area (TPSA) is 29.5 Å². The van der Waals surface area contributed by atoms with Gasteiger partial charge in [0.2, 0.25) is 0 Å². The highest BCUT2D eigenvalue weighted by Crippen LogP contribution is 2.31. The molecule has 0 bridgehead atoms. The van der Waals surface area contributed by atoms with E-state index < -0.39 is 0 Å². The van der Waals surface area contributed by atoms with Gasteiger partial charge in [0, 0.05) is 0 Å². The van der Waals surface area contributed by atoms with Gasteiger partial charge < -0.3 is 4.74 Å². The zero-order valence-corrected chi connectivity index (χ0v) is 15.4. The van der Waals surface area contributed by atoms with Crippen LogP contribution in [0, 0.1) is 0 Å². The van der Waals surface area contributed by atoms with E-state index in [1.807, 2.05) is 60.7 Å². The number of carbonyl (C=O) groups is 1. The SMILES string of the molecule is O=C(Oc1ccccc1)N1c2ccccc2C=C[C@@H]1C/C=C/c1ccccc1. The molecule has 3 heteroatoms. The van der Waals surface area contributed by atoms with Gasteiger partial charge in [0.15, 0.2) is 0 Å². The molecule has 0 unspecified atom stereocenters. The van der Waals surface area contributed by atoms with Crippen LogP contribution in [0.25, 0.3) is 12.2 Å². The maximum atomic E-state index is 13.0. The van der Waals surface area contributed by atoms with Crippen molar-refractivity contribution in [2.45, 2.75) is 12.5 Å². The second-order valence-electron chi connectivity index (χ2n) is 6.59. The minimum atomic E-state index is -0.374. The molecule has 0 saturated heterocycles. The van der Waals surface area contributed by atoms with Gasteiger partial charge in [0.1, 0.15) is 5.75 Å². The van der Waals surface area contributed by atoms with Crippen molar-refractivity contribution < 1.29 is 9.53 Å².